The predicted molar refractivity (Wildman–Crippen MR) is 83.6 cm³/mol. The van der Waals surface area contributed by atoms with Crippen LogP contribution < -0.4 is 0 Å². The lowest BCUT2D eigenvalue weighted by Crippen LogP contribution is -2.54. The maximum absolute atomic E-state index is 5.42. The molecular formula is C16H26S2. The van der Waals surface area contributed by atoms with Crippen LogP contribution in [-0.2, 0) is 0 Å². The molecular weight excluding hydrogens is 256 g/mol. The van der Waals surface area contributed by atoms with Crippen LogP contribution >= 0.6 is 25.3 Å². The van der Waals surface area contributed by atoms with Crippen molar-refractivity contribution in [1.82, 2.24) is 0 Å². The lowest BCUT2D eigenvalue weighted by Gasteiger charge is -2.55. The van der Waals surface area contributed by atoms with Crippen molar-refractivity contribution in [3.63, 3.8) is 0 Å². The second kappa shape index (κ2) is 3.87. The van der Waals surface area contributed by atoms with Crippen LogP contribution in [0.4, 0.5) is 0 Å². The number of hydrogen-bond donors (Lipinski definition) is 2. The molecule has 0 saturated heterocycles. The van der Waals surface area contributed by atoms with Crippen LogP contribution in [0.3, 0.4) is 0 Å². The third-order valence-electron chi connectivity index (χ3n) is 7.47. The normalized spacial score (nSPS) is 53.0. The van der Waals surface area contributed by atoms with Crippen LogP contribution in [0.15, 0.2) is 0 Å². The first-order valence-corrected chi connectivity index (χ1v) is 9.04. The quantitative estimate of drug-likeness (QED) is 0.686. The van der Waals surface area contributed by atoms with Gasteiger partial charge >= 0.3 is 0 Å². The Morgan fingerprint density at radius 2 is 1.22 bits per heavy atom. The Morgan fingerprint density at radius 1 is 0.833 bits per heavy atom. The molecule has 4 rings (SSSR count). The minimum Gasteiger partial charge on any atom is -0.178 e. The molecule has 0 aliphatic heterocycles. The largest absolute Gasteiger partial charge is 0.178 e. The summed E-state index contributed by atoms with van der Waals surface area (Å²) in [6, 6.07) is 0. The average molecular weight is 283 g/mol. The summed E-state index contributed by atoms with van der Waals surface area (Å²) < 4.78 is 0.236. The Balaban J connectivity index is 1.74. The zero-order chi connectivity index (χ0) is 12.4. The molecule has 2 heteroatoms. The first-order chi connectivity index (χ1) is 8.63. The monoisotopic (exact) mass is 282 g/mol. The molecule has 0 nitrogen and oxygen atoms in total. The van der Waals surface area contributed by atoms with E-state index in [2.05, 4.69) is 0 Å². The van der Waals surface area contributed by atoms with Crippen molar-refractivity contribution >= 4 is 25.3 Å². The molecule has 18 heavy (non-hydrogen) atoms. The van der Waals surface area contributed by atoms with E-state index in [9.17, 15) is 0 Å². The van der Waals surface area contributed by atoms with Gasteiger partial charge in [0.1, 0.15) is 0 Å². The second-order valence-corrected chi connectivity index (χ2v) is 8.95. The van der Waals surface area contributed by atoms with Gasteiger partial charge in [0.25, 0.3) is 0 Å². The van der Waals surface area contributed by atoms with Gasteiger partial charge in [-0.1, -0.05) is 0 Å². The first kappa shape index (κ1) is 12.4. The van der Waals surface area contributed by atoms with Crippen LogP contribution in [0.1, 0.15) is 64.2 Å². The minimum absolute atomic E-state index is 0.236. The van der Waals surface area contributed by atoms with Crippen molar-refractivity contribution in [1.29, 1.82) is 0 Å². The molecule has 0 aromatic carbocycles. The zero-order valence-electron chi connectivity index (χ0n) is 11.3. The van der Waals surface area contributed by atoms with Crippen molar-refractivity contribution < 1.29 is 0 Å². The highest BCUT2D eigenvalue weighted by Crippen LogP contribution is 2.72. The van der Waals surface area contributed by atoms with Crippen LogP contribution in [0.2, 0.25) is 0 Å². The Hall–Kier alpha value is 0.700. The molecule has 102 valence electrons. The molecule has 0 atom stereocenters. The molecule has 0 aromatic rings. The van der Waals surface area contributed by atoms with E-state index in [4.69, 9.17) is 25.3 Å². The van der Waals surface area contributed by atoms with Gasteiger partial charge in [-0.15, -0.1) is 0 Å². The van der Waals surface area contributed by atoms with E-state index in [1.54, 1.807) is 0 Å². The number of hydrogen-bond acceptors (Lipinski definition) is 2. The Bertz CT molecular complexity index is 316. The molecule has 0 unspecified atom stereocenters. The highest BCUT2D eigenvalue weighted by atomic mass is 32.1. The average Bonchev–Trinajstić information content (AvgIpc) is 3.16. The summed E-state index contributed by atoms with van der Waals surface area (Å²) in [5, 5.41) is 0. The van der Waals surface area contributed by atoms with E-state index in [-0.39, 0.29) is 4.75 Å². The molecule has 0 heterocycles. The van der Waals surface area contributed by atoms with Crippen LogP contribution in [0.25, 0.3) is 0 Å². The van der Waals surface area contributed by atoms with Gasteiger partial charge in [-0.05, 0) is 86.9 Å². The molecule has 0 spiro atoms. The Labute approximate surface area is 123 Å². The molecule has 4 bridgehead atoms. The SMILES string of the molecule is SCC(S)(C12CCC(CC1)C2)C12CCC(CC1)C2. The molecule has 4 aliphatic rings. The van der Waals surface area contributed by atoms with Crippen LogP contribution in [-0.4, -0.2) is 10.5 Å². The smallest absolute Gasteiger partial charge is 0.0330 e. The summed E-state index contributed by atoms with van der Waals surface area (Å²) in [5.41, 5.74) is 1.11. The van der Waals surface area contributed by atoms with E-state index in [0.29, 0.717) is 10.8 Å². The Morgan fingerprint density at radius 3 is 1.44 bits per heavy atom. The summed E-state index contributed by atoms with van der Waals surface area (Å²) in [7, 11) is 0. The van der Waals surface area contributed by atoms with E-state index in [0.717, 1.165) is 17.6 Å². The van der Waals surface area contributed by atoms with Gasteiger partial charge in [0.15, 0.2) is 0 Å². The molecule has 0 radical (unpaired) electrons. The standard InChI is InChI=1S/C16H26S2/c17-11-16(18,14-5-1-12(9-14)2-6-14)15-7-3-13(10-15)4-8-15/h12-13,17-18H,1-11H2. The molecule has 4 aliphatic carbocycles. The lowest BCUT2D eigenvalue weighted by molar-refractivity contribution is 0.0832. The summed E-state index contributed by atoms with van der Waals surface area (Å²) in [6.07, 6.45) is 14.7. The molecule has 0 aromatic heterocycles. The number of thiol groups is 2. The summed E-state index contributed by atoms with van der Waals surface area (Å²) >= 11 is 10.2. The van der Waals surface area contributed by atoms with E-state index < -0.39 is 0 Å². The van der Waals surface area contributed by atoms with E-state index in [1.165, 1.54) is 64.2 Å². The minimum atomic E-state index is 0.236. The third kappa shape index (κ3) is 1.33. The zero-order valence-corrected chi connectivity index (χ0v) is 13.1. The fourth-order valence-corrected chi connectivity index (χ4v) is 7.75. The number of fused-ring (bicyclic) bond motifs is 4. The molecule has 0 N–H and O–H groups in total. The number of rotatable bonds is 3. The summed E-state index contributed by atoms with van der Waals surface area (Å²) in [5.74, 6) is 3.08. The fraction of sp³-hybridized carbons (Fsp3) is 1.00. The van der Waals surface area contributed by atoms with Crippen LogP contribution in [0, 0.1) is 22.7 Å². The summed E-state index contributed by atoms with van der Waals surface area (Å²) in [6.45, 7) is 0. The van der Waals surface area contributed by atoms with Crippen molar-refractivity contribution in [3.8, 4) is 0 Å². The van der Waals surface area contributed by atoms with Gasteiger partial charge in [0.05, 0.1) is 0 Å². The molecule has 4 fully saturated rings. The van der Waals surface area contributed by atoms with E-state index >= 15 is 0 Å². The summed E-state index contributed by atoms with van der Waals surface area (Å²) in [4.78, 5) is 0. The van der Waals surface area contributed by atoms with Gasteiger partial charge in [-0.3, -0.25) is 0 Å². The lowest BCUT2D eigenvalue weighted by atomic mass is 9.59. The second-order valence-electron chi connectivity index (χ2n) is 7.87. The topological polar surface area (TPSA) is 0 Å². The molecule has 0 amide bonds. The highest BCUT2D eigenvalue weighted by Gasteiger charge is 2.66. The Kier molecular flexibility index (Phi) is 2.68. The van der Waals surface area contributed by atoms with Gasteiger partial charge in [0.2, 0.25) is 0 Å². The first-order valence-electron chi connectivity index (χ1n) is 7.96. The van der Waals surface area contributed by atoms with Gasteiger partial charge in [0, 0.05) is 10.5 Å². The highest BCUT2D eigenvalue weighted by molar-refractivity contribution is 7.85. The fourth-order valence-electron chi connectivity index (χ4n) is 6.44. The molecule has 4 saturated carbocycles. The van der Waals surface area contributed by atoms with Crippen molar-refractivity contribution in [3.05, 3.63) is 0 Å². The van der Waals surface area contributed by atoms with Crippen molar-refractivity contribution in [2.45, 2.75) is 69.0 Å². The van der Waals surface area contributed by atoms with Crippen molar-refractivity contribution in [2.24, 2.45) is 22.7 Å². The van der Waals surface area contributed by atoms with Crippen molar-refractivity contribution in [2.75, 3.05) is 5.75 Å². The van der Waals surface area contributed by atoms with Gasteiger partial charge in [-0.2, -0.15) is 25.3 Å². The van der Waals surface area contributed by atoms with Gasteiger partial charge in [-0.25, -0.2) is 0 Å². The maximum atomic E-state index is 5.42. The van der Waals surface area contributed by atoms with Crippen LogP contribution in [0.5, 0.6) is 0 Å². The van der Waals surface area contributed by atoms with Gasteiger partial charge < -0.3 is 0 Å². The predicted octanol–water partition coefficient (Wildman–Crippen LogP) is 4.75. The van der Waals surface area contributed by atoms with E-state index in [1.807, 2.05) is 0 Å². The third-order valence-corrected chi connectivity index (χ3v) is 9.30. The maximum Gasteiger partial charge on any atom is 0.0330 e.